The molecular formula is C16H23N3O2S. The minimum atomic E-state index is -0.814. The zero-order valence-corrected chi connectivity index (χ0v) is 13.6. The van der Waals surface area contributed by atoms with Gasteiger partial charge in [0.15, 0.2) is 0 Å². The van der Waals surface area contributed by atoms with E-state index >= 15 is 0 Å². The molecule has 1 aromatic carbocycles. The summed E-state index contributed by atoms with van der Waals surface area (Å²) in [5, 5.41) is 9.48. The van der Waals surface area contributed by atoms with E-state index in [4.69, 9.17) is 5.73 Å². The van der Waals surface area contributed by atoms with Crippen molar-refractivity contribution in [1.29, 1.82) is 0 Å². The number of hydrogen-bond donors (Lipinski definition) is 2. The van der Waals surface area contributed by atoms with Gasteiger partial charge in [-0.1, -0.05) is 30.3 Å². The molecule has 0 radical (unpaired) electrons. The third-order valence-electron chi connectivity index (χ3n) is 4.52. The van der Waals surface area contributed by atoms with E-state index in [9.17, 15) is 9.90 Å². The number of amides is 1. The lowest BCUT2D eigenvalue weighted by Gasteiger charge is -2.52. The maximum Gasteiger partial charge on any atom is 0.242 e. The lowest BCUT2D eigenvalue weighted by atomic mass is 10.0. The van der Waals surface area contributed by atoms with Gasteiger partial charge in [-0.15, -0.1) is 11.8 Å². The Morgan fingerprint density at radius 2 is 2.09 bits per heavy atom. The van der Waals surface area contributed by atoms with E-state index in [-0.39, 0.29) is 10.8 Å². The molecule has 2 atom stereocenters. The van der Waals surface area contributed by atoms with Crippen molar-refractivity contribution in [3.05, 3.63) is 35.9 Å². The van der Waals surface area contributed by atoms with Gasteiger partial charge in [-0.2, -0.15) is 0 Å². The number of aliphatic hydroxyl groups excluding tert-OH is 1. The topological polar surface area (TPSA) is 69.8 Å². The molecule has 0 aromatic heterocycles. The van der Waals surface area contributed by atoms with Crippen molar-refractivity contribution in [3.8, 4) is 0 Å². The van der Waals surface area contributed by atoms with Crippen LogP contribution >= 0.6 is 11.8 Å². The Bertz CT molecular complexity index is 531. The first-order chi connectivity index (χ1) is 10.5. The summed E-state index contributed by atoms with van der Waals surface area (Å²) in [7, 11) is 0. The molecule has 2 aliphatic rings. The van der Waals surface area contributed by atoms with E-state index < -0.39 is 12.1 Å². The van der Waals surface area contributed by atoms with Gasteiger partial charge in [-0.3, -0.25) is 9.69 Å². The van der Waals surface area contributed by atoms with Gasteiger partial charge in [0.05, 0.1) is 19.2 Å². The van der Waals surface area contributed by atoms with Crippen LogP contribution in [0, 0.1) is 0 Å². The van der Waals surface area contributed by atoms with Gasteiger partial charge in [0.25, 0.3) is 0 Å². The quantitative estimate of drug-likeness (QED) is 0.844. The molecule has 1 aromatic rings. The van der Waals surface area contributed by atoms with Crippen LogP contribution in [0.4, 0.5) is 0 Å². The second-order valence-electron chi connectivity index (χ2n) is 6.16. The summed E-state index contributed by atoms with van der Waals surface area (Å²) >= 11 is 1.93. The molecule has 1 spiro atoms. The summed E-state index contributed by atoms with van der Waals surface area (Å²) < 4.78 is 0. The third-order valence-corrected chi connectivity index (χ3v) is 5.96. The van der Waals surface area contributed by atoms with E-state index in [0.717, 1.165) is 18.8 Å². The second-order valence-corrected chi connectivity index (χ2v) is 7.62. The number of nitrogens with zero attached hydrogens (tertiary/aromatic N) is 2. The van der Waals surface area contributed by atoms with E-state index in [0.29, 0.717) is 13.1 Å². The smallest absolute Gasteiger partial charge is 0.242 e. The Labute approximate surface area is 135 Å². The lowest BCUT2D eigenvalue weighted by molar-refractivity contribution is -0.143. The SMILES string of the molecule is C[C@@H](O)[C@H](N)C(=O)N1CC2(C1)SCCN2Cc1ccccc1. The fourth-order valence-corrected chi connectivity index (χ4v) is 4.61. The average Bonchev–Trinajstić information content (AvgIpc) is 2.88. The van der Waals surface area contributed by atoms with E-state index in [1.165, 1.54) is 5.56 Å². The summed E-state index contributed by atoms with van der Waals surface area (Å²) in [4.78, 5) is 16.5. The van der Waals surface area contributed by atoms with Gasteiger partial charge < -0.3 is 15.7 Å². The maximum absolute atomic E-state index is 12.2. The molecule has 2 fully saturated rings. The van der Waals surface area contributed by atoms with Gasteiger partial charge in [0.1, 0.15) is 10.9 Å². The number of rotatable bonds is 4. The highest BCUT2D eigenvalue weighted by molar-refractivity contribution is 8.01. The van der Waals surface area contributed by atoms with Crippen LogP contribution < -0.4 is 5.73 Å². The lowest BCUT2D eigenvalue weighted by Crippen LogP contribution is -2.69. The third kappa shape index (κ3) is 2.88. The van der Waals surface area contributed by atoms with Gasteiger partial charge >= 0.3 is 0 Å². The molecule has 0 bridgehead atoms. The van der Waals surface area contributed by atoms with Gasteiger partial charge in [-0.05, 0) is 12.5 Å². The molecule has 0 saturated carbocycles. The molecule has 5 nitrogen and oxygen atoms in total. The minimum Gasteiger partial charge on any atom is -0.391 e. The van der Waals surface area contributed by atoms with Gasteiger partial charge in [0, 0.05) is 18.8 Å². The number of nitrogens with two attached hydrogens (primary N) is 1. The van der Waals surface area contributed by atoms with Gasteiger partial charge in [0.2, 0.25) is 5.91 Å². The van der Waals surface area contributed by atoms with Crippen molar-refractivity contribution in [3.63, 3.8) is 0 Å². The van der Waals surface area contributed by atoms with E-state index in [1.807, 2.05) is 17.8 Å². The molecule has 6 heteroatoms. The van der Waals surface area contributed by atoms with Crippen LogP contribution in [0.3, 0.4) is 0 Å². The summed E-state index contributed by atoms with van der Waals surface area (Å²) in [6.07, 6.45) is -0.805. The van der Waals surface area contributed by atoms with Gasteiger partial charge in [-0.25, -0.2) is 0 Å². The number of carbonyl (C=O) groups excluding carboxylic acids is 1. The fourth-order valence-electron chi connectivity index (χ4n) is 3.08. The first-order valence-electron chi connectivity index (χ1n) is 7.67. The van der Waals surface area contributed by atoms with Crippen LogP contribution in [0.2, 0.25) is 0 Å². The Morgan fingerprint density at radius 3 is 2.73 bits per heavy atom. The monoisotopic (exact) mass is 321 g/mol. The van der Waals surface area contributed by atoms with Crippen LogP contribution in [-0.4, -0.2) is 63.2 Å². The average molecular weight is 321 g/mol. The van der Waals surface area contributed by atoms with Crippen molar-refractivity contribution in [1.82, 2.24) is 9.80 Å². The second kappa shape index (κ2) is 6.20. The van der Waals surface area contributed by atoms with Crippen LogP contribution in [0.15, 0.2) is 30.3 Å². The van der Waals surface area contributed by atoms with E-state index in [2.05, 4.69) is 29.2 Å². The van der Waals surface area contributed by atoms with Crippen LogP contribution in [0.5, 0.6) is 0 Å². The van der Waals surface area contributed by atoms with Crippen molar-refractivity contribution < 1.29 is 9.90 Å². The highest BCUT2D eigenvalue weighted by atomic mass is 32.2. The Kier molecular flexibility index (Phi) is 4.45. The predicted octanol–water partition coefficient (Wildman–Crippen LogP) is 0.482. The van der Waals surface area contributed by atoms with Crippen molar-refractivity contribution in [2.24, 2.45) is 5.73 Å². The van der Waals surface area contributed by atoms with Crippen LogP contribution in [-0.2, 0) is 11.3 Å². The molecular weight excluding hydrogens is 298 g/mol. The molecule has 22 heavy (non-hydrogen) atoms. The normalized spacial score (nSPS) is 23.3. The Hall–Kier alpha value is -1.08. The number of carbonyl (C=O) groups is 1. The minimum absolute atomic E-state index is 0.0317. The zero-order valence-electron chi connectivity index (χ0n) is 12.8. The first kappa shape index (κ1) is 15.8. The largest absolute Gasteiger partial charge is 0.391 e. The summed E-state index contributed by atoms with van der Waals surface area (Å²) in [5.74, 6) is 0.949. The molecule has 2 aliphatic heterocycles. The molecule has 0 aliphatic carbocycles. The first-order valence-corrected chi connectivity index (χ1v) is 8.66. The Balaban J connectivity index is 1.62. The molecule has 2 saturated heterocycles. The molecule has 3 rings (SSSR count). The number of thioether (sulfide) groups is 1. The highest BCUT2D eigenvalue weighted by Crippen LogP contribution is 2.44. The molecule has 2 heterocycles. The highest BCUT2D eigenvalue weighted by Gasteiger charge is 2.53. The number of benzene rings is 1. The zero-order chi connectivity index (χ0) is 15.7. The van der Waals surface area contributed by atoms with Crippen molar-refractivity contribution in [2.75, 3.05) is 25.4 Å². The molecule has 1 amide bonds. The number of aliphatic hydroxyl groups is 1. The van der Waals surface area contributed by atoms with Crippen LogP contribution in [0.25, 0.3) is 0 Å². The van der Waals surface area contributed by atoms with Crippen LogP contribution in [0.1, 0.15) is 12.5 Å². The predicted molar refractivity (Wildman–Crippen MR) is 88.3 cm³/mol. The summed E-state index contributed by atoms with van der Waals surface area (Å²) in [6, 6.07) is 9.61. The molecule has 3 N–H and O–H groups in total. The van der Waals surface area contributed by atoms with E-state index in [1.54, 1.807) is 11.8 Å². The summed E-state index contributed by atoms with van der Waals surface area (Å²) in [6.45, 7) is 4.92. The maximum atomic E-state index is 12.2. The summed E-state index contributed by atoms with van der Waals surface area (Å²) in [5.41, 5.74) is 7.05. The standard InChI is InChI=1S/C16H23N3O2S/c1-12(20)14(17)15(21)18-10-16(11-18)19(7-8-22-16)9-13-5-3-2-4-6-13/h2-6,12,14,20H,7-11,17H2,1H3/t12-,14+/m1/s1. The number of hydrogen-bond acceptors (Lipinski definition) is 5. The number of likely N-dealkylation sites (tertiary alicyclic amines) is 1. The van der Waals surface area contributed by atoms with Crippen molar-refractivity contribution in [2.45, 2.75) is 30.5 Å². The Morgan fingerprint density at radius 1 is 1.41 bits per heavy atom. The molecule has 0 unspecified atom stereocenters. The van der Waals surface area contributed by atoms with Crippen molar-refractivity contribution >= 4 is 17.7 Å². The fraction of sp³-hybridized carbons (Fsp3) is 0.562. The molecule has 120 valence electrons.